The fourth-order valence-corrected chi connectivity index (χ4v) is 1.78. The predicted octanol–water partition coefficient (Wildman–Crippen LogP) is 2.18. The first kappa shape index (κ1) is 15.7. The second-order valence-electron chi connectivity index (χ2n) is 4.77. The molecule has 0 aromatic heterocycles. The van der Waals surface area contributed by atoms with Gasteiger partial charge < -0.3 is 10.4 Å². The fourth-order valence-electron chi connectivity index (χ4n) is 1.78. The molecule has 0 spiro atoms. The van der Waals surface area contributed by atoms with Crippen LogP contribution in [0.2, 0.25) is 0 Å². The predicted molar refractivity (Wildman–Crippen MR) is 74.1 cm³/mol. The summed E-state index contributed by atoms with van der Waals surface area (Å²) < 4.78 is 0. The summed E-state index contributed by atoms with van der Waals surface area (Å²) in [6.07, 6.45) is 1.49. The third kappa shape index (κ3) is 5.53. The van der Waals surface area contributed by atoms with Gasteiger partial charge in [0.25, 0.3) is 5.91 Å². The van der Waals surface area contributed by atoms with Crippen LogP contribution in [0.1, 0.15) is 42.1 Å². The van der Waals surface area contributed by atoms with Crippen LogP contribution in [0.5, 0.6) is 0 Å². The van der Waals surface area contributed by atoms with E-state index in [-0.39, 0.29) is 18.2 Å². The summed E-state index contributed by atoms with van der Waals surface area (Å²) in [6.45, 7) is 2.46. The maximum absolute atomic E-state index is 11.8. The minimum absolute atomic E-state index is 0.152. The topological polar surface area (TPSA) is 90.2 Å². The summed E-state index contributed by atoms with van der Waals surface area (Å²) in [5.41, 5.74) is 0.912. The molecule has 0 aliphatic carbocycles. The zero-order chi connectivity index (χ0) is 15.0. The molecule has 0 radical (unpaired) electrons. The molecule has 1 aromatic carbocycles. The van der Waals surface area contributed by atoms with Gasteiger partial charge in [0.1, 0.15) is 0 Å². The van der Waals surface area contributed by atoms with Gasteiger partial charge in [0.2, 0.25) is 0 Å². The Balaban J connectivity index is 2.36. The van der Waals surface area contributed by atoms with Gasteiger partial charge in [-0.1, -0.05) is 13.0 Å². The van der Waals surface area contributed by atoms with Crippen molar-refractivity contribution in [1.29, 1.82) is 5.26 Å². The standard InChI is InChI=1S/C15H18N2O3/c1-11(5-6-14(18)19)7-8-17-15(20)13-4-2-3-12(9-13)10-16/h2-4,9,11H,5-8H2,1H3,(H,17,20)(H,18,19). The summed E-state index contributed by atoms with van der Waals surface area (Å²) in [6, 6.07) is 8.50. The number of hydrogen-bond donors (Lipinski definition) is 2. The molecule has 5 nitrogen and oxygen atoms in total. The zero-order valence-corrected chi connectivity index (χ0v) is 11.4. The molecule has 1 atom stereocenters. The van der Waals surface area contributed by atoms with Crippen molar-refractivity contribution in [2.75, 3.05) is 6.54 Å². The smallest absolute Gasteiger partial charge is 0.303 e. The number of carbonyl (C=O) groups is 2. The lowest BCUT2D eigenvalue weighted by atomic mass is 10.0. The van der Waals surface area contributed by atoms with E-state index in [1.54, 1.807) is 24.3 Å². The van der Waals surface area contributed by atoms with Crippen molar-refractivity contribution in [3.63, 3.8) is 0 Å². The van der Waals surface area contributed by atoms with Crippen LogP contribution in [0, 0.1) is 17.2 Å². The van der Waals surface area contributed by atoms with E-state index in [2.05, 4.69) is 5.32 Å². The van der Waals surface area contributed by atoms with E-state index < -0.39 is 5.97 Å². The maximum Gasteiger partial charge on any atom is 0.303 e. The van der Waals surface area contributed by atoms with Crippen molar-refractivity contribution in [2.24, 2.45) is 5.92 Å². The van der Waals surface area contributed by atoms with E-state index in [4.69, 9.17) is 10.4 Å². The Morgan fingerprint density at radius 1 is 1.40 bits per heavy atom. The Morgan fingerprint density at radius 2 is 2.15 bits per heavy atom. The highest BCUT2D eigenvalue weighted by Crippen LogP contribution is 2.09. The fraction of sp³-hybridized carbons (Fsp3) is 0.400. The molecule has 0 bridgehead atoms. The van der Waals surface area contributed by atoms with E-state index in [9.17, 15) is 9.59 Å². The van der Waals surface area contributed by atoms with Crippen molar-refractivity contribution >= 4 is 11.9 Å². The molecule has 1 unspecified atom stereocenters. The van der Waals surface area contributed by atoms with Crippen molar-refractivity contribution in [3.05, 3.63) is 35.4 Å². The first-order valence-electron chi connectivity index (χ1n) is 6.53. The minimum Gasteiger partial charge on any atom is -0.481 e. The molecule has 0 saturated heterocycles. The van der Waals surface area contributed by atoms with Crippen LogP contribution in [0.3, 0.4) is 0 Å². The van der Waals surface area contributed by atoms with Gasteiger partial charge in [0, 0.05) is 18.5 Å². The summed E-state index contributed by atoms with van der Waals surface area (Å²) in [4.78, 5) is 22.3. The molecular formula is C15H18N2O3. The van der Waals surface area contributed by atoms with Crippen LogP contribution in [-0.4, -0.2) is 23.5 Å². The number of carbonyl (C=O) groups excluding carboxylic acids is 1. The van der Waals surface area contributed by atoms with E-state index in [1.807, 2.05) is 13.0 Å². The average Bonchev–Trinajstić information content (AvgIpc) is 2.45. The van der Waals surface area contributed by atoms with Crippen LogP contribution < -0.4 is 5.32 Å². The SMILES string of the molecule is CC(CCNC(=O)c1cccc(C#N)c1)CCC(=O)O. The van der Waals surface area contributed by atoms with Crippen LogP contribution in [0.4, 0.5) is 0 Å². The largest absolute Gasteiger partial charge is 0.481 e. The first-order valence-corrected chi connectivity index (χ1v) is 6.53. The number of nitriles is 1. The summed E-state index contributed by atoms with van der Waals surface area (Å²) in [7, 11) is 0. The van der Waals surface area contributed by atoms with Crippen LogP contribution in [0.25, 0.3) is 0 Å². The summed E-state index contributed by atoms with van der Waals surface area (Å²) in [5, 5.41) is 20.1. The molecule has 5 heteroatoms. The minimum atomic E-state index is -0.797. The number of nitrogens with zero attached hydrogens (tertiary/aromatic N) is 1. The lowest BCUT2D eigenvalue weighted by Gasteiger charge is -2.10. The van der Waals surface area contributed by atoms with E-state index >= 15 is 0 Å². The molecule has 0 heterocycles. The third-order valence-electron chi connectivity index (χ3n) is 3.03. The second-order valence-corrected chi connectivity index (χ2v) is 4.77. The lowest BCUT2D eigenvalue weighted by Crippen LogP contribution is -2.25. The Hall–Kier alpha value is -2.35. The highest BCUT2D eigenvalue weighted by atomic mass is 16.4. The summed E-state index contributed by atoms with van der Waals surface area (Å²) >= 11 is 0. The van der Waals surface area contributed by atoms with Gasteiger partial charge in [0.15, 0.2) is 0 Å². The van der Waals surface area contributed by atoms with Crippen molar-refractivity contribution in [3.8, 4) is 6.07 Å². The van der Waals surface area contributed by atoms with E-state index in [0.717, 1.165) is 6.42 Å². The lowest BCUT2D eigenvalue weighted by molar-refractivity contribution is -0.137. The van der Waals surface area contributed by atoms with Gasteiger partial charge >= 0.3 is 5.97 Å². The molecule has 1 aromatic rings. The monoisotopic (exact) mass is 274 g/mol. The van der Waals surface area contributed by atoms with Gasteiger partial charge in [-0.15, -0.1) is 0 Å². The Morgan fingerprint density at radius 3 is 2.80 bits per heavy atom. The molecule has 0 saturated carbocycles. The molecule has 20 heavy (non-hydrogen) atoms. The van der Waals surface area contributed by atoms with E-state index in [1.165, 1.54) is 0 Å². The molecule has 1 amide bonds. The third-order valence-corrected chi connectivity index (χ3v) is 3.03. The quantitative estimate of drug-likeness (QED) is 0.797. The second kappa shape index (κ2) is 7.95. The Labute approximate surface area is 118 Å². The number of benzene rings is 1. The molecule has 0 aliphatic rings. The summed E-state index contributed by atoms with van der Waals surface area (Å²) in [5.74, 6) is -0.765. The van der Waals surface area contributed by atoms with Crippen molar-refractivity contribution in [1.82, 2.24) is 5.32 Å². The normalized spacial score (nSPS) is 11.4. The van der Waals surface area contributed by atoms with Gasteiger partial charge in [-0.2, -0.15) is 5.26 Å². The number of amides is 1. The van der Waals surface area contributed by atoms with Crippen LogP contribution in [0.15, 0.2) is 24.3 Å². The molecule has 0 aliphatic heterocycles. The van der Waals surface area contributed by atoms with Crippen molar-refractivity contribution in [2.45, 2.75) is 26.2 Å². The van der Waals surface area contributed by atoms with Gasteiger partial charge in [0.05, 0.1) is 11.6 Å². The number of aliphatic carboxylic acids is 1. The Kier molecular flexibility index (Phi) is 6.24. The van der Waals surface area contributed by atoms with Crippen LogP contribution >= 0.6 is 0 Å². The molecule has 2 N–H and O–H groups in total. The van der Waals surface area contributed by atoms with Crippen molar-refractivity contribution < 1.29 is 14.7 Å². The van der Waals surface area contributed by atoms with Crippen LogP contribution in [-0.2, 0) is 4.79 Å². The average molecular weight is 274 g/mol. The molecule has 1 rings (SSSR count). The molecular weight excluding hydrogens is 256 g/mol. The number of nitrogens with one attached hydrogen (secondary N) is 1. The zero-order valence-electron chi connectivity index (χ0n) is 11.4. The van der Waals surface area contributed by atoms with E-state index in [0.29, 0.717) is 24.1 Å². The van der Waals surface area contributed by atoms with Gasteiger partial charge in [-0.25, -0.2) is 0 Å². The number of carboxylic acids is 1. The highest BCUT2D eigenvalue weighted by molar-refractivity contribution is 5.94. The molecule has 106 valence electrons. The van der Waals surface area contributed by atoms with Gasteiger partial charge in [-0.05, 0) is 37.0 Å². The van der Waals surface area contributed by atoms with Gasteiger partial charge in [-0.3, -0.25) is 9.59 Å². The highest BCUT2D eigenvalue weighted by Gasteiger charge is 2.08. The number of rotatable bonds is 7. The first-order chi connectivity index (χ1) is 9.52. The molecule has 0 fully saturated rings. The number of carboxylic acid groups (broad SMARTS) is 1. The Bertz CT molecular complexity index is 520. The number of hydrogen-bond acceptors (Lipinski definition) is 3. The maximum atomic E-state index is 11.8.